The van der Waals surface area contributed by atoms with Crippen LogP contribution in [0.2, 0.25) is 0 Å². The molecule has 0 spiro atoms. The highest BCUT2D eigenvalue weighted by Gasteiger charge is 2.31. The zero-order valence-electron chi connectivity index (χ0n) is 19.9. The van der Waals surface area contributed by atoms with Gasteiger partial charge in [0.15, 0.2) is 0 Å². The average molecular weight is 505 g/mol. The van der Waals surface area contributed by atoms with Gasteiger partial charge in [-0.1, -0.05) is 36.4 Å². The van der Waals surface area contributed by atoms with Gasteiger partial charge < -0.3 is 9.80 Å². The summed E-state index contributed by atoms with van der Waals surface area (Å²) in [6.45, 7) is 3.38. The van der Waals surface area contributed by atoms with E-state index in [4.69, 9.17) is 0 Å². The van der Waals surface area contributed by atoms with Crippen LogP contribution in [0.25, 0.3) is 0 Å². The van der Waals surface area contributed by atoms with Crippen LogP contribution in [0.1, 0.15) is 38.8 Å². The van der Waals surface area contributed by atoms with E-state index in [1.165, 1.54) is 34.2 Å². The largest absolute Gasteiger partial charge is 0.339 e. The minimum atomic E-state index is -0.503. The summed E-state index contributed by atoms with van der Waals surface area (Å²) in [5, 5.41) is 13.2. The molecule has 1 aromatic heterocycles. The predicted molar refractivity (Wildman–Crippen MR) is 138 cm³/mol. The fourth-order valence-electron chi connectivity index (χ4n) is 5.13. The molecule has 1 saturated heterocycles. The van der Waals surface area contributed by atoms with E-state index < -0.39 is 4.92 Å². The van der Waals surface area contributed by atoms with Gasteiger partial charge in [-0.2, -0.15) is 0 Å². The first-order valence-electron chi connectivity index (χ1n) is 12.2. The standard InChI is InChI=1S/C27H28N4O4S/c32-25(28-14-16-30(17-15-28)27(33)21-7-4-8-22(19-21)31(34)35)10-13-29-12-9-24-23(11-18-36-24)26(29)20-5-2-1-3-6-20/h1-8,11,18-19,26H,9-10,12-17H2/t26-/m0/s1. The molecule has 9 heteroatoms. The number of hydrogen-bond acceptors (Lipinski definition) is 6. The minimum absolute atomic E-state index is 0.0976. The molecule has 1 atom stereocenters. The van der Waals surface area contributed by atoms with Crippen molar-refractivity contribution in [2.24, 2.45) is 0 Å². The summed E-state index contributed by atoms with van der Waals surface area (Å²) in [6, 6.07) is 18.6. The van der Waals surface area contributed by atoms with Gasteiger partial charge in [0.05, 0.1) is 11.0 Å². The normalized spacial score (nSPS) is 18.1. The summed E-state index contributed by atoms with van der Waals surface area (Å²) in [6.07, 6.45) is 1.44. The number of nitro groups is 1. The fourth-order valence-corrected chi connectivity index (χ4v) is 6.03. The number of piperazine rings is 1. The zero-order chi connectivity index (χ0) is 25.1. The van der Waals surface area contributed by atoms with Crippen LogP contribution in [0.15, 0.2) is 66.0 Å². The van der Waals surface area contributed by atoms with Crippen molar-refractivity contribution >= 4 is 28.8 Å². The smallest absolute Gasteiger partial charge is 0.270 e. The summed E-state index contributed by atoms with van der Waals surface area (Å²) in [5.74, 6) is -0.142. The van der Waals surface area contributed by atoms with Crippen molar-refractivity contribution in [2.75, 3.05) is 39.3 Å². The summed E-state index contributed by atoms with van der Waals surface area (Å²) < 4.78 is 0. The van der Waals surface area contributed by atoms with Crippen LogP contribution in [0.4, 0.5) is 5.69 Å². The first-order valence-corrected chi connectivity index (χ1v) is 13.1. The van der Waals surface area contributed by atoms with Crippen molar-refractivity contribution in [1.82, 2.24) is 14.7 Å². The highest BCUT2D eigenvalue weighted by atomic mass is 32.1. The molecule has 0 radical (unpaired) electrons. The van der Waals surface area contributed by atoms with Crippen LogP contribution < -0.4 is 0 Å². The van der Waals surface area contributed by atoms with Crippen molar-refractivity contribution < 1.29 is 14.5 Å². The van der Waals surface area contributed by atoms with Gasteiger partial charge in [-0.15, -0.1) is 11.3 Å². The highest BCUT2D eigenvalue weighted by Crippen LogP contribution is 2.37. The molecule has 0 unspecified atom stereocenters. The number of non-ortho nitro benzene ring substituents is 1. The van der Waals surface area contributed by atoms with E-state index in [1.807, 2.05) is 22.3 Å². The molecule has 0 bridgehead atoms. The van der Waals surface area contributed by atoms with Crippen molar-refractivity contribution in [3.8, 4) is 0 Å². The number of carbonyl (C=O) groups excluding carboxylic acids is 2. The molecule has 5 rings (SSSR count). The predicted octanol–water partition coefficient (Wildman–Crippen LogP) is 3.98. The molecular weight excluding hydrogens is 476 g/mol. The van der Waals surface area contributed by atoms with E-state index >= 15 is 0 Å². The SMILES string of the molecule is O=C(CCN1CCc2sccc2[C@@H]1c1ccccc1)N1CCN(C(=O)c2cccc([N+](=O)[O-])c2)CC1. The van der Waals surface area contributed by atoms with Gasteiger partial charge in [-0.3, -0.25) is 24.6 Å². The van der Waals surface area contributed by atoms with Crippen LogP contribution in [-0.2, 0) is 11.2 Å². The second kappa shape index (κ2) is 10.6. The van der Waals surface area contributed by atoms with Gasteiger partial charge in [0.25, 0.3) is 11.6 Å². The quantitative estimate of drug-likeness (QED) is 0.374. The third-order valence-corrected chi connectivity index (χ3v) is 8.01. The Bertz CT molecular complexity index is 1250. The van der Waals surface area contributed by atoms with E-state index in [9.17, 15) is 19.7 Å². The lowest BCUT2D eigenvalue weighted by Crippen LogP contribution is -2.51. The van der Waals surface area contributed by atoms with E-state index in [0.29, 0.717) is 44.7 Å². The molecule has 36 heavy (non-hydrogen) atoms. The Morgan fingerprint density at radius 3 is 2.44 bits per heavy atom. The molecular formula is C27H28N4O4S. The van der Waals surface area contributed by atoms with Gasteiger partial charge in [-0.25, -0.2) is 0 Å². The molecule has 0 aliphatic carbocycles. The average Bonchev–Trinajstić information content (AvgIpc) is 3.40. The monoisotopic (exact) mass is 504 g/mol. The Morgan fingerprint density at radius 2 is 1.69 bits per heavy atom. The molecule has 0 N–H and O–H groups in total. The van der Waals surface area contributed by atoms with Gasteiger partial charge in [0.1, 0.15) is 0 Å². The summed E-state index contributed by atoms with van der Waals surface area (Å²) in [7, 11) is 0. The number of nitro benzene ring substituents is 1. The van der Waals surface area contributed by atoms with Crippen molar-refractivity contribution in [3.63, 3.8) is 0 Å². The molecule has 1 fully saturated rings. The Labute approximate surface area is 213 Å². The third-order valence-electron chi connectivity index (χ3n) is 7.02. The second-order valence-electron chi connectivity index (χ2n) is 9.13. The Balaban J connectivity index is 1.18. The van der Waals surface area contributed by atoms with E-state index in [2.05, 4.69) is 40.6 Å². The molecule has 3 aromatic rings. The van der Waals surface area contributed by atoms with E-state index in [0.717, 1.165) is 13.0 Å². The van der Waals surface area contributed by atoms with Crippen molar-refractivity contribution in [2.45, 2.75) is 18.9 Å². The molecule has 2 aliphatic rings. The maximum Gasteiger partial charge on any atom is 0.270 e. The van der Waals surface area contributed by atoms with Crippen molar-refractivity contribution in [1.29, 1.82) is 0 Å². The van der Waals surface area contributed by atoms with E-state index in [-0.39, 0.29) is 23.5 Å². The van der Waals surface area contributed by atoms with Crippen molar-refractivity contribution in [3.05, 3.63) is 97.7 Å². The van der Waals surface area contributed by atoms with Crippen LogP contribution >= 0.6 is 11.3 Å². The lowest BCUT2D eigenvalue weighted by molar-refractivity contribution is -0.384. The van der Waals surface area contributed by atoms with Crippen LogP contribution in [0, 0.1) is 10.1 Å². The van der Waals surface area contributed by atoms with Crippen LogP contribution in [-0.4, -0.2) is 70.7 Å². The maximum atomic E-state index is 13.1. The molecule has 186 valence electrons. The van der Waals surface area contributed by atoms with Gasteiger partial charge in [0, 0.05) is 68.3 Å². The summed E-state index contributed by atoms with van der Waals surface area (Å²) in [4.78, 5) is 43.7. The molecule has 2 aromatic carbocycles. The number of thiophene rings is 1. The number of fused-ring (bicyclic) bond motifs is 1. The molecule has 0 saturated carbocycles. The summed E-state index contributed by atoms with van der Waals surface area (Å²) >= 11 is 1.81. The topological polar surface area (TPSA) is 87.0 Å². The molecule has 3 heterocycles. The Kier molecular flexibility index (Phi) is 7.11. The van der Waals surface area contributed by atoms with Gasteiger partial charge in [-0.05, 0) is 35.1 Å². The lowest BCUT2D eigenvalue weighted by Gasteiger charge is -2.38. The van der Waals surface area contributed by atoms with Gasteiger partial charge >= 0.3 is 0 Å². The lowest BCUT2D eigenvalue weighted by atomic mass is 9.93. The number of hydrogen-bond donors (Lipinski definition) is 0. The number of rotatable bonds is 6. The summed E-state index contributed by atoms with van der Waals surface area (Å²) in [5.41, 5.74) is 2.79. The number of amides is 2. The van der Waals surface area contributed by atoms with E-state index in [1.54, 1.807) is 11.0 Å². The first kappa shape index (κ1) is 24.1. The van der Waals surface area contributed by atoms with Crippen LogP contribution in [0.5, 0.6) is 0 Å². The molecule has 2 aliphatic heterocycles. The number of carbonyl (C=O) groups is 2. The highest BCUT2D eigenvalue weighted by molar-refractivity contribution is 7.10. The number of nitrogens with zero attached hydrogens (tertiary/aromatic N) is 4. The fraction of sp³-hybridized carbons (Fsp3) is 0.333. The zero-order valence-corrected chi connectivity index (χ0v) is 20.7. The second-order valence-corrected chi connectivity index (χ2v) is 10.1. The Hall–Kier alpha value is -3.56. The first-order chi connectivity index (χ1) is 17.5. The molecule has 2 amide bonds. The Morgan fingerprint density at radius 1 is 0.944 bits per heavy atom. The maximum absolute atomic E-state index is 13.1. The minimum Gasteiger partial charge on any atom is -0.339 e. The van der Waals surface area contributed by atoms with Gasteiger partial charge in [0.2, 0.25) is 5.91 Å². The third kappa shape index (κ3) is 5.03. The number of benzene rings is 2. The van der Waals surface area contributed by atoms with Crippen LogP contribution in [0.3, 0.4) is 0 Å². The molecule has 8 nitrogen and oxygen atoms in total.